The van der Waals surface area contributed by atoms with Gasteiger partial charge in [-0.15, -0.1) is 0 Å². The molecule has 0 spiro atoms. The summed E-state index contributed by atoms with van der Waals surface area (Å²) in [5.74, 6) is 0.727. The topological polar surface area (TPSA) is 0 Å². The smallest absolute Gasteiger partial charge is 1.00 e. The van der Waals surface area contributed by atoms with Crippen LogP contribution in [0.3, 0.4) is 0 Å². The van der Waals surface area contributed by atoms with Crippen LogP contribution in [-0.2, 0) is 21.8 Å². The van der Waals surface area contributed by atoms with E-state index in [1.54, 1.807) is 9.84 Å². The zero-order valence-electron chi connectivity index (χ0n) is 12.1. The van der Waals surface area contributed by atoms with Crippen LogP contribution in [0.1, 0.15) is 40.0 Å². The van der Waals surface area contributed by atoms with Gasteiger partial charge in [-0.2, -0.15) is 0 Å². The van der Waals surface area contributed by atoms with Crippen LogP contribution in [0.15, 0.2) is 52.4 Å². The first-order valence-electron chi connectivity index (χ1n) is 7.00. The molecule has 0 amide bonds. The molecule has 0 heterocycles. The molecule has 0 bridgehead atoms. The van der Waals surface area contributed by atoms with Crippen molar-refractivity contribution in [2.45, 2.75) is 40.0 Å². The number of halogens is 1. The molecule has 0 saturated carbocycles. The van der Waals surface area contributed by atoms with Crippen molar-refractivity contribution in [3.8, 4) is 0 Å². The van der Waals surface area contributed by atoms with E-state index in [1.807, 2.05) is 0 Å². The number of allylic oxidation sites excluding steroid dienone is 10. The third-order valence-corrected chi connectivity index (χ3v) is 11.1. The SMILES string of the molecule is CCC(C)/C=[C](/C)[Zr+]([C]1=CC=CC1)[C]1=CC=CC1.[Cl-]. The molecular formula is C17H23ClZr. The molecule has 1 atom stereocenters. The van der Waals surface area contributed by atoms with E-state index in [1.165, 1.54) is 19.3 Å². The summed E-state index contributed by atoms with van der Waals surface area (Å²) in [5.41, 5.74) is 0. The first-order chi connectivity index (χ1) is 8.72. The molecule has 0 fully saturated rings. The summed E-state index contributed by atoms with van der Waals surface area (Å²) in [4.78, 5) is 0. The third-order valence-electron chi connectivity index (χ3n) is 3.76. The Bertz CT molecular complexity index is 422. The summed E-state index contributed by atoms with van der Waals surface area (Å²) in [6, 6.07) is 0. The van der Waals surface area contributed by atoms with Crippen LogP contribution >= 0.6 is 0 Å². The molecule has 2 heteroatoms. The fourth-order valence-electron chi connectivity index (χ4n) is 2.61. The largest absolute Gasteiger partial charge is 1.00 e. The minimum absolute atomic E-state index is 0. The second-order valence-corrected chi connectivity index (χ2v) is 12.2. The summed E-state index contributed by atoms with van der Waals surface area (Å²) >= 11 is -1.70. The van der Waals surface area contributed by atoms with Gasteiger partial charge in [0.1, 0.15) is 0 Å². The number of hydrogen-bond acceptors (Lipinski definition) is 0. The molecular weight excluding hydrogens is 331 g/mol. The van der Waals surface area contributed by atoms with E-state index < -0.39 is 21.8 Å². The van der Waals surface area contributed by atoms with Gasteiger partial charge in [0.15, 0.2) is 0 Å². The number of hydrogen-bond donors (Lipinski definition) is 0. The molecule has 0 saturated heterocycles. The predicted molar refractivity (Wildman–Crippen MR) is 76.9 cm³/mol. The van der Waals surface area contributed by atoms with Gasteiger partial charge >= 0.3 is 120 Å². The average Bonchev–Trinajstić information content (AvgIpc) is 3.02. The molecule has 102 valence electrons. The molecule has 2 aliphatic carbocycles. The second-order valence-electron chi connectivity index (χ2n) is 5.26. The summed E-state index contributed by atoms with van der Waals surface area (Å²) in [6.45, 7) is 7.01. The normalized spacial score (nSPS) is 19.0. The molecule has 2 aliphatic rings. The van der Waals surface area contributed by atoms with E-state index in [0.29, 0.717) is 0 Å². The molecule has 0 N–H and O–H groups in total. The Morgan fingerprint density at radius 2 is 1.74 bits per heavy atom. The third kappa shape index (κ3) is 4.43. The zero-order chi connectivity index (χ0) is 13.0. The monoisotopic (exact) mass is 352 g/mol. The second kappa shape index (κ2) is 8.22. The van der Waals surface area contributed by atoms with Crippen LogP contribution in [-0.4, -0.2) is 0 Å². The Labute approximate surface area is 132 Å². The Morgan fingerprint density at radius 3 is 2.11 bits per heavy atom. The molecule has 1 unspecified atom stereocenters. The first-order valence-corrected chi connectivity index (χ1v) is 10.7. The van der Waals surface area contributed by atoms with Crippen molar-refractivity contribution in [2.75, 3.05) is 0 Å². The standard InChI is InChI=1S/C7H13.2C5H5.ClH.Zr/c1-4-6-7(3)5-2;2*1-2-4-5-3-1;;/h6-7H,5H2,1-3H3;2*1-3H,4H2;1H;/q;;;;+1/p-1. The van der Waals surface area contributed by atoms with E-state index >= 15 is 0 Å². The summed E-state index contributed by atoms with van der Waals surface area (Å²) in [6.07, 6.45) is 20.1. The molecule has 0 aliphatic heterocycles. The summed E-state index contributed by atoms with van der Waals surface area (Å²) in [7, 11) is 0. The maximum atomic E-state index is 2.55. The van der Waals surface area contributed by atoms with Crippen LogP contribution in [0.2, 0.25) is 0 Å². The van der Waals surface area contributed by atoms with E-state index in [9.17, 15) is 0 Å². The van der Waals surface area contributed by atoms with E-state index in [0.717, 1.165) is 5.92 Å². The molecule has 2 rings (SSSR count). The van der Waals surface area contributed by atoms with Crippen molar-refractivity contribution in [1.82, 2.24) is 0 Å². The Balaban J connectivity index is 0.00000180. The van der Waals surface area contributed by atoms with Gasteiger partial charge in [-0.1, -0.05) is 0 Å². The summed E-state index contributed by atoms with van der Waals surface area (Å²) < 4.78 is 5.23. The molecule has 0 aromatic heterocycles. The van der Waals surface area contributed by atoms with Gasteiger partial charge in [0.25, 0.3) is 0 Å². The van der Waals surface area contributed by atoms with E-state index in [-0.39, 0.29) is 12.4 Å². The van der Waals surface area contributed by atoms with Crippen molar-refractivity contribution in [3.05, 3.63) is 52.4 Å². The van der Waals surface area contributed by atoms with Crippen LogP contribution in [0.25, 0.3) is 0 Å². The Kier molecular flexibility index (Phi) is 7.33. The van der Waals surface area contributed by atoms with Crippen LogP contribution in [0.4, 0.5) is 0 Å². The van der Waals surface area contributed by atoms with Crippen molar-refractivity contribution < 1.29 is 34.2 Å². The van der Waals surface area contributed by atoms with Gasteiger partial charge in [-0.3, -0.25) is 0 Å². The summed E-state index contributed by atoms with van der Waals surface area (Å²) in [5, 5.41) is 0. The van der Waals surface area contributed by atoms with Gasteiger partial charge in [0.05, 0.1) is 0 Å². The van der Waals surface area contributed by atoms with Crippen LogP contribution in [0, 0.1) is 5.92 Å². The molecule has 0 aromatic carbocycles. The molecule has 0 aromatic rings. The maximum Gasteiger partial charge on any atom is -1.00 e. The van der Waals surface area contributed by atoms with Crippen LogP contribution < -0.4 is 12.4 Å². The molecule has 0 radical (unpaired) electrons. The number of rotatable bonds is 5. The minimum atomic E-state index is -1.70. The fourth-order valence-corrected chi connectivity index (χ4v) is 10.1. The Hall–Kier alpha value is -0.127. The van der Waals surface area contributed by atoms with E-state index in [4.69, 9.17) is 0 Å². The van der Waals surface area contributed by atoms with Gasteiger partial charge in [-0.25, -0.2) is 0 Å². The van der Waals surface area contributed by atoms with Gasteiger partial charge in [0, 0.05) is 0 Å². The van der Waals surface area contributed by atoms with Crippen molar-refractivity contribution in [1.29, 1.82) is 0 Å². The zero-order valence-corrected chi connectivity index (χ0v) is 15.3. The van der Waals surface area contributed by atoms with Crippen molar-refractivity contribution in [3.63, 3.8) is 0 Å². The predicted octanol–water partition coefficient (Wildman–Crippen LogP) is 2.25. The van der Waals surface area contributed by atoms with Crippen LogP contribution in [0.5, 0.6) is 0 Å². The average molecular weight is 354 g/mol. The minimum Gasteiger partial charge on any atom is -1.00 e. The van der Waals surface area contributed by atoms with Gasteiger partial charge in [0.2, 0.25) is 0 Å². The first kappa shape index (κ1) is 16.9. The van der Waals surface area contributed by atoms with Crippen molar-refractivity contribution >= 4 is 0 Å². The Morgan fingerprint density at radius 1 is 1.21 bits per heavy atom. The quantitative estimate of drug-likeness (QED) is 0.711. The maximum absolute atomic E-state index is 2.55. The van der Waals surface area contributed by atoms with E-state index in [2.05, 4.69) is 63.3 Å². The fraction of sp³-hybridized carbons (Fsp3) is 0.412. The van der Waals surface area contributed by atoms with Gasteiger partial charge in [-0.05, 0) is 0 Å². The van der Waals surface area contributed by atoms with Gasteiger partial charge < -0.3 is 12.4 Å². The molecule has 0 nitrogen and oxygen atoms in total. The molecule has 19 heavy (non-hydrogen) atoms. The van der Waals surface area contributed by atoms with Crippen molar-refractivity contribution in [2.24, 2.45) is 5.92 Å².